The van der Waals surface area contributed by atoms with Crippen molar-refractivity contribution in [3.05, 3.63) is 68.7 Å². The highest BCUT2D eigenvalue weighted by Gasteiger charge is 2.64. The van der Waals surface area contributed by atoms with Crippen LogP contribution < -0.4 is 0 Å². The van der Waals surface area contributed by atoms with Crippen LogP contribution in [-0.2, 0) is 10.3 Å². The minimum atomic E-state index is -4.85. The number of benzene rings is 2. The Labute approximate surface area is 168 Å². The zero-order chi connectivity index (χ0) is 20.9. The van der Waals surface area contributed by atoms with Gasteiger partial charge in [-0.1, -0.05) is 35.3 Å². The van der Waals surface area contributed by atoms with Crippen molar-refractivity contribution in [2.24, 2.45) is 0 Å². The van der Waals surface area contributed by atoms with E-state index >= 15 is 0 Å². The molecule has 0 bridgehead atoms. The Balaban J connectivity index is 2.07. The molecule has 2 aromatic rings. The molecule has 1 aliphatic heterocycles. The Hall–Kier alpha value is -1.80. The summed E-state index contributed by atoms with van der Waals surface area (Å²) in [5.41, 5.74) is -2.37. The number of aliphatic hydroxyl groups is 1. The summed E-state index contributed by atoms with van der Waals surface area (Å²) in [6.07, 6.45) is -7.22. The van der Waals surface area contributed by atoms with Gasteiger partial charge in [0, 0.05) is 22.4 Å². The lowest BCUT2D eigenvalue weighted by molar-refractivity contribution is -0.297. The van der Waals surface area contributed by atoms with Gasteiger partial charge in [0.25, 0.3) is 0 Å². The van der Waals surface area contributed by atoms with Gasteiger partial charge >= 0.3 is 12.1 Å². The van der Waals surface area contributed by atoms with E-state index in [0.29, 0.717) is 11.1 Å². The van der Waals surface area contributed by atoms with Crippen LogP contribution in [0.4, 0.5) is 13.2 Å². The van der Waals surface area contributed by atoms with E-state index in [1.54, 1.807) is 0 Å². The highest BCUT2D eigenvalue weighted by Crippen LogP contribution is 2.55. The Morgan fingerprint density at radius 2 is 1.79 bits per heavy atom. The second-order valence-electron chi connectivity index (χ2n) is 6.68. The molecule has 0 aliphatic carbocycles. The van der Waals surface area contributed by atoms with Gasteiger partial charge in [0.1, 0.15) is 0 Å². The lowest BCUT2D eigenvalue weighted by Crippen LogP contribution is -2.42. The molecule has 3 rings (SSSR count). The predicted octanol–water partition coefficient (Wildman–Crippen LogP) is 5.28. The minimum absolute atomic E-state index is 0.00863. The van der Waals surface area contributed by atoms with Crippen LogP contribution in [-0.4, -0.2) is 28.6 Å². The fraction of sp³-hybridized carbons (Fsp3) is 0.316. The number of carboxylic acid groups (broad SMARTS) is 1. The molecule has 0 radical (unpaired) electrons. The molecule has 3 unspecified atom stereocenters. The molecule has 0 amide bonds. The van der Waals surface area contributed by atoms with Gasteiger partial charge in [0.15, 0.2) is 11.9 Å². The topological polar surface area (TPSA) is 66.8 Å². The monoisotopic (exact) mass is 434 g/mol. The van der Waals surface area contributed by atoms with Gasteiger partial charge in [-0.25, -0.2) is 4.79 Å². The molecule has 2 N–H and O–H groups in total. The van der Waals surface area contributed by atoms with Gasteiger partial charge in [0.2, 0.25) is 0 Å². The van der Waals surface area contributed by atoms with E-state index in [1.165, 1.54) is 31.2 Å². The summed E-state index contributed by atoms with van der Waals surface area (Å²) in [7, 11) is 0. The van der Waals surface area contributed by atoms with Crippen molar-refractivity contribution in [1.82, 2.24) is 0 Å². The van der Waals surface area contributed by atoms with E-state index in [9.17, 15) is 23.1 Å². The Morgan fingerprint density at radius 1 is 1.18 bits per heavy atom. The van der Waals surface area contributed by atoms with Gasteiger partial charge in [-0.05, 0) is 47.9 Å². The van der Waals surface area contributed by atoms with Crippen molar-refractivity contribution in [2.75, 3.05) is 0 Å². The van der Waals surface area contributed by atoms with Crippen LogP contribution in [0.15, 0.2) is 36.4 Å². The minimum Gasteiger partial charge on any atom is -0.478 e. The van der Waals surface area contributed by atoms with Crippen LogP contribution in [0, 0.1) is 6.92 Å². The molecule has 0 aromatic heterocycles. The molecular weight excluding hydrogens is 420 g/mol. The molecule has 9 heteroatoms. The molecule has 0 saturated carbocycles. The summed E-state index contributed by atoms with van der Waals surface area (Å²) < 4.78 is 47.3. The summed E-state index contributed by atoms with van der Waals surface area (Å²) in [5.74, 6) is -2.17. The highest BCUT2D eigenvalue weighted by atomic mass is 35.5. The zero-order valence-corrected chi connectivity index (χ0v) is 15.9. The number of ether oxygens (including phenoxy) is 1. The smallest absolute Gasteiger partial charge is 0.421 e. The maximum Gasteiger partial charge on any atom is 0.421 e. The largest absolute Gasteiger partial charge is 0.478 e. The zero-order valence-electron chi connectivity index (χ0n) is 14.4. The van der Waals surface area contributed by atoms with E-state index < -0.39 is 36.4 Å². The number of carbonyl (C=O) groups is 1. The number of alkyl halides is 3. The summed E-state index contributed by atoms with van der Waals surface area (Å²) in [6, 6.07) is 7.63. The predicted molar refractivity (Wildman–Crippen MR) is 96.8 cm³/mol. The van der Waals surface area contributed by atoms with Crippen molar-refractivity contribution in [3.63, 3.8) is 0 Å². The highest BCUT2D eigenvalue weighted by molar-refractivity contribution is 6.34. The van der Waals surface area contributed by atoms with E-state index in [4.69, 9.17) is 33.0 Å². The number of carboxylic acids is 1. The standard InChI is InChI=1S/C19H15Cl2F3O4/c1-9-4-10(2-3-14(9)16(25)26)15-8-18(19(22,23)24,28-17(15)27)11-5-12(20)7-13(21)6-11/h2-7,15,17,27H,8H2,1H3,(H,25,26). The number of hydrogen-bond acceptors (Lipinski definition) is 3. The number of aliphatic hydroxyl groups excluding tert-OH is 1. The molecule has 28 heavy (non-hydrogen) atoms. The van der Waals surface area contributed by atoms with Gasteiger partial charge in [-0.2, -0.15) is 13.2 Å². The van der Waals surface area contributed by atoms with E-state index in [0.717, 1.165) is 12.1 Å². The van der Waals surface area contributed by atoms with Crippen LogP contribution >= 0.6 is 23.2 Å². The molecular formula is C19H15Cl2F3O4. The van der Waals surface area contributed by atoms with Gasteiger partial charge < -0.3 is 14.9 Å². The molecule has 1 saturated heterocycles. The normalized spacial score (nSPS) is 25.1. The first-order valence-corrected chi connectivity index (χ1v) is 8.93. The van der Waals surface area contributed by atoms with Crippen molar-refractivity contribution >= 4 is 29.2 Å². The van der Waals surface area contributed by atoms with E-state index in [1.807, 2.05) is 0 Å². The second-order valence-corrected chi connectivity index (χ2v) is 7.55. The number of halogens is 5. The third-order valence-corrected chi connectivity index (χ3v) is 5.31. The van der Waals surface area contributed by atoms with Gasteiger partial charge in [-0.15, -0.1) is 0 Å². The summed E-state index contributed by atoms with van der Waals surface area (Å²) >= 11 is 11.7. The summed E-state index contributed by atoms with van der Waals surface area (Å²) in [4.78, 5) is 11.2. The number of rotatable bonds is 3. The van der Waals surface area contributed by atoms with Crippen molar-refractivity contribution < 1.29 is 32.9 Å². The third kappa shape index (κ3) is 3.59. The molecule has 1 aliphatic rings. The third-order valence-electron chi connectivity index (χ3n) is 4.87. The average Bonchev–Trinajstić information content (AvgIpc) is 2.92. The first-order valence-electron chi connectivity index (χ1n) is 8.17. The van der Waals surface area contributed by atoms with E-state index in [-0.39, 0.29) is 21.2 Å². The summed E-state index contributed by atoms with van der Waals surface area (Å²) in [5, 5.41) is 19.4. The molecule has 3 atom stereocenters. The first kappa shape index (κ1) is 20.9. The maximum atomic E-state index is 14.1. The molecule has 4 nitrogen and oxygen atoms in total. The van der Waals surface area contributed by atoms with Crippen LogP contribution in [0.1, 0.15) is 39.4 Å². The molecule has 2 aromatic carbocycles. The van der Waals surface area contributed by atoms with Gasteiger partial charge in [-0.3, -0.25) is 0 Å². The lowest BCUT2D eigenvalue weighted by atomic mass is 9.83. The fourth-order valence-corrected chi connectivity index (χ4v) is 4.03. The Bertz CT molecular complexity index is 912. The second kappa shape index (κ2) is 7.22. The van der Waals surface area contributed by atoms with Crippen LogP contribution in [0.25, 0.3) is 0 Å². The van der Waals surface area contributed by atoms with E-state index in [2.05, 4.69) is 0 Å². The molecule has 1 heterocycles. The number of aromatic carboxylic acids is 1. The van der Waals surface area contributed by atoms with Crippen LogP contribution in [0.5, 0.6) is 0 Å². The van der Waals surface area contributed by atoms with Crippen molar-refractivity contribution in [3.8, 4) is 0 Å². The quantitative estimate of drug-likeness (QED) is 0.689. The number of aryl methyl sites for hydroxylation is 1. The first-order chi connectivity index (χ1) is 12.9. The Kier molecular flexibility index (Phi) is 5.40. The van der Waals surface area contributed by atoms with Gasteiger partial charge in [0.05, 0.1) is 5.56 Å². The average molecular weight is 435 g/mol. The molecule has 0 spiro atoms. The lowest BCUT2D eigenvalue weighted by Gasteiger charge is -2.31. The van der Waals surface area contributed by atoms with Crippen LogP contribution in [0.2, 0.25) is 10.0 Å². The summed E-state index contributed by atoms with van der Waals surface area (Å²) in [6.45, 7) is 1.53. The number of hydrogen-bond donors (Lipinski definition) is 2. The molecule has 1 fully saturated rings. The Morgan fingerprint density at radius 3 is 2.29 bits per heavy atom. The van der Waals surface area contributed by atoms with Crippen molar-refractivity contribution in [1.29, 1.82) is 0 Å². The molecule has 150 valence electrons. The fourth-order valence-electron chi connectivity index (χ4n) is 3.51. The maximum absolute atomic E-state index is 14.1. The van der Waals surface area contributed by atoms with Crippen LogP contribution in [0.3, 0.4) is 0 Å². The SMILES string of the molecule is Cc1cc(C2CC(c3cc(Cl)cc(Cl)c3)(C(F)(F)F)OC2O)ccc1C(=O)O. The van der Waals surface area contributed by atoms with Crippen molar-refractivity contribution in [2.45, 2.75) is 37.3 Å².